The third kappa shape index (κ3) is 4.79. The van der Waals surface area contributed by atoms with Crippen LogP contribution in [0.1, 0.15) is 11.4 Å². The topological polar surface area (TPSA) is 236 Å². The van der Waals surface area contributed by atoms with E-state index in [0.29, 0.717) is 10.6 Å². The number of thiazole rings is 1. The maximum absolute atomic E-state index is 12.8. The smallest absolute Gasteiger partial charge is 0.353 e. The van der Waals surface area contributed by atoms with Crippen LogP contribution in [0.5, 0.6) is 0 Å². The van der Waals surface area contributed by atoms with E-state index in [1.807, 2.05) is 0 Å². The zero-order valence-electron chi connectivity index (χ0n) is 17.3. The Morgan fingerprint density at radius 1 is 1.31 bits per heavy atom. The molecule has 1 saturated heterocycles. The number of nitrogens with one attached hydrogen (secondary N) is 1. The molecule has 4 heterocycles. The number of aromatic nitrogens is 3. The lowest BCUT2D eigenvalue weighted by Gasteiger charge is -2.49. The molecule has 4 rings (SSSR count). The van der Waals surface area contributed by atoms with E-state index in [1.165, 1.54) is 29.6 Å². The minimum Gasteiger partial charge on any atom is -0.477 e. The number of thioether (sulfide) groups is 2. The highest BCUT2D eigenvalue weighted by Crippen LogP contribution is 2.44. The van der Waals surface area contributed by atoms with Gasteiger partial charge in [-0.2, -0.15) is 4.98 Å². The van der Waals surface area contributed by atoms with Crippen LogP contribution < -0.4 is 22.5 Å². The summed E-state index contributed by atoms with van der Waals surface area (Å²) in [6.45, 7) is 0. The number of oxime groups is 1. The SMILES string of the molecule is Nc1cc(CSC2=C(C(=O)O)N3C(=O)C(NC(=O)/C(=N/O)c4nc(N)sc4Cl)[C@H]3SC2)nc(N)n1. The Bertz CT molecular complexity index is 1280. The normalized spacial score (nSPS) is 19.9. The molecule has 0 aliphatic carbocycles. The largest absolute Gasteiger partial charge is 0.477 e. The van der Waals surface area contributed by atoms with Crippen molar-refractivity contribution in [2.45, 2.75) is 17.2 Å². The van der Waals surface area contributed by atoms with Gasteiger partial charge < -0.3 is 32.8 Å². The number of nitrogen functional groups attached to an aromatic ring is 3. The second kappa shape index (κ2) is 9.76. The molecule has 0 bridgehead atoms. The van der Waals surface area contributed by atoms with Gasteiger partial charge in [-0.05, 0) is 0 Å². The Hall–Kier alpha value is -3.28. The van der Waals surface area contributed by atoms with Crippen molar-refractivity contribution in [3.05, 3.63) is 32.4 Å². The number of nitrogens with zero attached hydrogens (tertiary/aromatic N) is 5. The summed E-state index contributed by atoms with van der Waals surface area (Å²) in [6, 6.07) is 0.466. The molecular weight excluding hydrogens is 542 g/mol. The van der Waals surface area contributed by atoms with Gasteiger partial charge in [-0.25, -0.2) is 14.8 Å². The highest BCUT2D eigenvalue weighted by molar-refractivity contribution is 8.05. The zero-order valence-corrected chi connectivity index (χ0v) is 20.5. The predicted octanol–water partition coefficient (Wildman–Crippen LogP) is 0.141. The van der Waals surface area contributed by atoms with Crippen LogP contribution in [-0.2, 0) is 20.1 Å². The van der Waals surface area contributed by atoms with Crippen molar-refractivity contribution in [3.63, 3.8) is 0 Å². The quantitative estimate of drug-likeness (QED) is 0.115. The Morgan fingerprint density at radius 3 is 2.66 bits per heavy atom. The molecule has 2 aliphatic heterocycles. The predicted molar refractivity (Wildman–Crippen MR) is 132 cm³/mol. The van der Waals surface area contributed by atoms with Crippen molar-refractivity contribution in [2.24, 2.45) is 5.16 Å². The molecule has 0 aromatic carbocycles. The van der Waals surface area contributed by atoms with Gasteiger partial charge in [0.25, 0.3) is 11.8 Å². The number of β-lactam (4-membered cyclic amide) rings is 1. The summed E-state index contributed by atoms with van der Waals surface area (Å²) >= 11 is 9.30. The molecule has 18 heteroatoms. The lowest BCUT2D eigenvalue weighted by Crippen LogP contribution is -2.71. The number of nitrogens with two attached hydrogens (primary N) is 3. The van der Waals surface area contributed by atoms with Gasteiger partial charge in [0, 0.05) is 22.5 Å². The molecule has 35 heavy (non-hydrogen) atoms. The van der Waals surface area contributed by atoms with E-state index >= 15 is 0 Å². The molecule has 2 aromatic rings. The van der Waals surface area contributed by atoms with Gasteiger partial charge in [0.2, 0.25) is 5.95 Å². The maximum Gasteiger partial charge on any atom is 0.353 e. The molecular formula is C17H16ClN9O5S3. The van der Waals surface area contributed by atoms with Gasteiger partial charge in [-0.15, -0.1) is 23.5 Å². The number of fused-ring (bicyclic) bond motifs is 1. The van der Waals surface area contributed by atoms with Crippen LogP contribution in [0.25, 0.3) is 0 Å². The first kappa shape index (κ1) is 24.8. The van der Waals surface area contributed by atoms with Crippen molar-refractivity contribution in [2.75, 3.05) is 23.0 Å². The average Bonchev–Trinajstić information content (AvgIpc) is 3.12. The third-order valence-electron chi connectivity index (χ3n) is 4.77. The van der Waals surface area contributed by atoms with Gasteiger partial charge in [0.05, 0.1) is 5.69 Å². The van der Waals surface area contributed by atoms with Gasteiger partial charge in [-0.1, -0.05) is 28.1 Å². The summed E-state index contributed by atoms with van der Waals surface area (Å²) in [4.78, 5) is 50.8. The zero-order chi connectivity index (χ0) is 25.4. The number of carboxylic acids is 1. The fraction of sp³-hybridized carbons (Fsp3) is 0.235. The minimum absolute atomic E-state index is 0.00459. The summed E-state index contributed by atoms with van der Waals surface area (Å²) in [5.74, 6) is -2.15. The van der Waals surface area contributed by atoms with Crippen LogP contribution >= 0.6 is 46.5 Å². The number of aliphatic carboxylic acids is 1. The number of amides is 2. The lowest BCUT2D eigenvalue weighted by molar-refractivity contribution is -0.150. The Balaban J connectivity index is 1.49. The number of anilines is 3. The van der Waals surface area contributed by atoms with E-state index in [9.17, 15) is 24.7 Å². The molecule has 2 aromatic heterocycles. The number of hydrogen-bond donors (Lipinski definition) is 6. The van der Waals surface area contributed by atoms with Gasteiger partial charge in [0.1, 0.15) is 33.0 Å². The molecule has 0 spiro atoms. The second-order valence-electron chi connectivity index (χ2n) is 6.99. The molecule has 184 valence electrons. The summed E-state index contributed by atoms with van der Waals surface area (Å²) in [5, 5.41) is 23.9. The first-order valence-corrected chi connectivity index (χ1v) is 12.7. The number of carbonyl (C=O) groups is 3. The number of halogens is 1. The van der Waals surface area contributed by atoms with E-state index in [1.54, 1.807) is 0 Å². The summed E-state index contributed by atoms with van der Waals surface area (Å²) in [6.07, 6.45) is 0. The van der Waals surface area contributed by atoms with Crippen molar-refractivity contribution in [1.29, 1.82) is 0 Å². The van der Waals surface area contributed by atoms with Crippen LogP contribution in [0.15, 0.2) is 21.8 Å². The molecule has 0 radical (unpaired) electrons. The fourth-order valence-electron chi connectivity index (χ4n) is 3.35. The van der Waals surface area contributed by atoms with Crippen LogP contribution in [0, 0.1) is 0 Å². The van der Waals surface area contributed by atoms with Crippen LogP contribution in [0.3, 0.4) is 0 Å². The van der Waals surface area contributed by atoms with E-state index < -0.39 is 34.9 Å². The monoisotopic (exact) mass is 557 g/mol. The molecule has 1 fully saturated rings. The highest BCUT2D eigenvalue weighted by atomic mass is 35.5. The maximum atomic E-state index is 12.8. The Labute approximate surface area is 214 Å². The number of carbonyl (C=O) groups excluding carboxylic acids is 2. The highest BCUT2D eigenvalue weighted by Gasteiger charge is 2.54. The van der Waals surface area contributed by atoms with E-state index in [0.717, 1.165) is 16.2 Å². The molecule has 0 saturated carbocycles. The van der Waals surface area contributed by atoms with Crippen LogP contribution in [-0.4, -0.2) is 70.8 Å². The van der Waals surface area contributed by atoms with Crippen LogP contribution in [0.4, 0.5) is 16.9 Å². The molecule has 2 atom stereocenters. The summed E-state index contributed by atoms with van der Waals surface area (Å²) in [7, 11) is 0. The standard InChI is InChI=1S/C17H16ClN9O5S3/c18-11-7(25-17(21)35-11)8(26-32)12(28)24-9-13(29)27-10(15(30)31)5(3-34-14(9)27)33-2-4-1-6(19)23-16(20)22-4/h1,9,14,32H,2-3H2,(H2,21,25)(H,24,28)(H,30,31)(H4,19,20,22,23)/b26-8+/t9?,14-/m1/s1. The third-order valence-corrected chi connectivity index (χ3v) is 8.45. The molecule has 2 amide bonds. The Kier molecular flexibility index (Phi) is 6.93. The van der Waals surface area contributed by atoms with Crippen molar-refractivity contribution < 1.29 is 24.7 Å². The van der Waals surface area contributed by atoms with Crippen LogP contribution in [0.2, 0.25) is 4.34 Å². The first-order valence-electron chi connectivity index (χ1n) is 9.48. The second-order valence-corrected chi connectivity index (χ2v) is 10.8. The van der Waals surface area contributed by atoms with Gasteiger partial charge in [0.15, 0.2) is 10.8 Å². The van der Waals surface area contributed by atoms with Crippen molar-refractivity contribution in [3.8, 4) is 0 Å². The fourth-order valence-corrected chi connectivity index (χ4v) is 6.80. The van der Waals surface area contributed by atoms with Gasteiger partial charge in [-0.3, -0.25) is 14.5 Å². The number of carboxylic acid groups (broad SMARTS) is 1. The first-order chi connectivity index (χ1) is 16.6. The Morgan fingerprint density at radius 2 is 2.06 bits per heavy atom. The lowest BCUT2D eigenvalue weighted by atomic mass is 10.0. The summed E-state index contributed by atoms with van der Waals surface area (Å²) in [5.41, 5.74) is 16.5. The molecule has 1 unspecified atom stereocenters. The van der Waals surface area contributed by atoms with E-state index in [4.69, 9.17) is 28.8 Å². The van der Waals surface area contributed by atoms with Crippen molar-refractivity contribution in [1.82, 2.24) is 25.2 Å². The average molecular weight is 558 g/mol. The molecule has 14 nitrogen and oxygen atoms in total. The molecule has 9 N–H and O–H groups in total. The number of hydrogen-bond acceptors (Lipinski definition) is 14. The number of rotatable bonds is 7. The van der Waals surface area contributed by atoms with Crippen molar-refractivity contribution >= 4 is 86.9 Å². The minimum atomic E-state index is -1.29. The van der Waals surface area contributed by atoms with Gasteiger partial charge >= 0.3 is 5.97 Å². The summed E-state index contributed by atoms with van der Waals surface area (Å²) < 4.78 is 0.0315. The van der Waals surface area contributed by atoms with E-state index in [2.05, 4.69) is 25.4 Å². The van der Waals surface area contributed by atoms with E-state index in [-0.39, 0.29) is 44.1 Å². The molecule has 2 aliphatic rings.